The molecular formula is C21H16ClNO7. The first-order valence-electron chi connectivity index (χ1n) is 9.28. The highest BCUT2D eigenvalue weighted by Crippen LogP contribution is 2.55. The van der Waals surface area contributed by atoms with Crippen LogP contribution in [0.2, 0.25) is 5.02 Å². The van der Waals surface area contributed by atoms with Crippen LogP contribution < -0.4 is 0 Å². The smallest absolute Gasteiger partial charge is 0.340 e. The largest absolute Gasteiger partial charge is 0.454 e. The van der Waals surface area contributed by atoms with E-state index in [9.17, 15) is 14.9 Å². The van der Waals surface area contributed by atoms with Crippen molar-refractivity contribution in [1.82, 2.24) is 0 Å². The van der Waals surface area contributed by atoms with Crippen LogP contribution in [0.25, 0.3) is 0 Å². The van der Waals surface area contributed by atoms with Crippen LogP contribution in [0.5, 0.6) is 0 Å². The van der Waals surface area contributed by atoms with Gasteiger partial charge in [-0.1, -0.05) is 23.7 Å². The number of nitro benzene ring substituents is 1. The van der Waals surface area contributed by atoms with E-state index < -0.39 is 34.5 Å². The zero-order valence-corrected chi connectivity index (χ0v) is 16.5. The van der Waals surface area contributed by atoms with Crippen molar-refractivity contribution in [2.75, 3.05) is 0 Å². The van der Waals surface area contributed by atoms with Gasteiger partial charge in [0.2, 0.25) is 5.79 Å². The molecule has 4 aliphatic rings. The summed E-state index contributed by atoms with van der Waals surface area (Å²) in [5.41, 5.74) is 0.489. The summed E-state index contributed by atoms with van der Waals surface area (Å²) in [6, 6.07) is 13.0. The number of ether oxygens (including phenoxy) is 2. The fraction of sp³-hybridized carbons (Fsp3) is 0.286. The van der Waals surface area contributed by atoms with E-state index >= 15 is 0 Å². The Labute approximate surface area is 176 Å². The molecule has 0 radical (unpaired) electrons. The number of hydrogen-bond donors (Lipinski definition) is 0. The van der Waals surface area contributed by atoms with Crippen molar-refractivity contribution < 1.29 is 29.0 Å². The molecule has 4 heterocycles. The number of non-ortho nitro benzene ring substituents is 1. The number of carbonyl (C=O) groups is 1. The first-order valence-corrected chi connectivity index (χ1v) is 9.66. The maximum Gasteiger partial charge on any atom is 0.340 e. The predicted molar refractivity (Wildman–Crippen MR) is 103 cm³/mol. The number of nitro groups is 1. The minimum atomic E-state index is -1.45. The quantitative estimate of drug-likeness (QED) is 0.309. The SMILES string of the molecule is C[C@]12C=C3C(=O)OC(c4cccc(Cl)c4)C[C@@]3(OO1)OC2c1ccc([N+](=O)[O-])cc1. The van der Waals surface area contributed by atoms with Gasteiger partial charge in [0.1, 0.15) is 12.2 Å². The second kappa shape index (κ2) is 6.61. The highest BCUT2D eigenvalue weighted by atomic mass is 35.5. The minimum absolute atomic E-state index is 0.0290. The van der Waals surface area contributed by atoms with Gasteiger partial charge in [0.25, 0.3) is 5.69 Å². The van der Waals surface area contributed by atoms with E-state index in [-0.39, 0.29) is 17.7 Å². The lowest BCUT2D eigenvalue weighted by molar-refractivity contribution is -0.523. The number of nitrogens with zero attached hydrogens (tertiary/aromatic N) is 1. The molecule has 4 atom stereocenters. The molecule has 2 saturated heterocycles. The maximum atomic E-state index is 12.8. The molecule has 1 spiro atoms. The van der Waals surface area contributed by atoms with Crippen molar-refractivity contribution in [3.05, 3.63) is 86.4 Å². The van der Waals surface area contributed by atoms with Gasteiger partial charge in [-0.15, -0.1) is 0 Å². The summed E-state index contributed by atoms with van der Waals surface area (Å²) in [6.07, 6.45) is 0.547. The average Bonchev–Trinajstić information content (AvgIpc) is 2.73. The van der Waals surface area contributed by atoms with Gasteiger partial charge in [0.05, 0.1) is 16.9 Å². The molecule has 2 unspecified atom stereocenters. The number of cyclic esters (lactones) is 1. The zero-order valence-electron chi connectivity index (χ0n) is 15.7. The number of rotatable bonds is 3. The third-order valence-corrected chi connectivity index (χ3v) is 5.81. The summed E-state index contributed by atoms with van der Waals surface area (Å²) < 4.78 is 11.9. The Balaban J connectivity index is 1.52. The average molecular weight is 430 g/mol. The van der Waals surface area contributed by atoms with Crippen molar-refractivity contribution in [2.45, 2.75) is 36.9 Å². The van der Waals surface area contributed by atoms with Crippen LogP contribution in [-0.2, 0) is 24.0 Å². The van der Waals surface area contributed by atoms with Gasteiger partial charge in [0, 0.05) is 17.2 Å². The fourth-order valence-electron chi connectivity index (χ4n) is 4.08. The van der Waals surface area contributed by atoms with Gasteiger partial charge >= 0.3 is 5.97 Å². The lowest BCUT2D eigenvalue weighted by Gasteiger charge is -2.54. The second-order valence-corrected chi connectivity index (χ2v) is 8.10. The Morgan fingerprint density at radius 2 is 1.90 bits per heavy atom. The minimum Gasteiger partial charge on any atom is -0.454 e. The Morgan fingerprint density at radius 3 is 2.60 bits per heavy atom. The van der Waals surface area contributed by atoms with Crippen LogP contribution in [0, 0.1) is 10.1 Å². The summed E-state index contributed by atoms with van der Waals surface area (Å²) >= 11 is 6.08. The standard InChI is InChI=1S/C21H16ClNO7/c1-20-10-16-19(24)27-17(13-3-2-4-14(22)9-13)11-21(16,30-29-20)28-18(20)12-5-7-15(8-6-12)23(25)26/h2-10,17-18H,11H2,1H3/t17?,18?,20-,21+/m1/s1. The molecule has 0 aliphatic carbocycles. The molecule has 0 aromatic heterocycles. The number of halogens is 1. The molecule has 2 aromatic rings. The van der Waals surface area contributed by atoms with Gasteiger partial charge in [-0.25, -0.2) is 9.68 Å². The number of esters is 1. The van der Waals surface area contributed by atoms with E-state index in [2.05, 4.69) is 0 Å². The molecule has 6 rings (SSSR count). The van der Waals surface area contributed by atoms with Crippen LogP contribution in [0.15, 0.2) is 60.2 Å². The molecule has 154 valence electrons. The van der Waals surface area contributed by atoms with E-state index in [1.807, 2.05) is 0 Å². The van der Waals surface area contributed by atoms with Crippen LogP contribution in [0.3, 0.4) is 0 Å². The van der Waals surface area contributed by atoms with E-state index in [0.29, 0.717) is 16.1 Å². The Kier molecular flexibility index (Phi) is 4.23. The molecule has 9 heteroatoms. The van der Waals surface area contributed by atoms with Crippen molar-refractivity contribution in [1.29, 1.82) is 0 Å². The summed E-state index contributed by atoms with van der Waals surface area (Å²) in [5, 5.41) is 11.5. The molecule has 4 aliphatic heterocycles. The maximum absolute atomic E-state index is 12.8. The molecule has 30 heavy (non-hydrogen) atoms. The third kappa shape index (κ3) is 2.92. The predicted octanol–water partition coefficient (Wildman–Crippen LogP) is 4.35. The van der Waals surface area contributed by atoms with Crippen LogP contribution >= 0.6 is 11.6 Å². The summed E-state index contributed by atoms with van der Waals surface area (Å²) in [6.45, 7) is 1.71. The number of fused-ring (bicyclic) bond motifs is 2. The first kappa shape index (κ1) is 19.2. The number of hydrogen-bond acceptors (Lipinski definition) is 7. The third-order valence-electron chi connectivity index (χ3n) is 5.58. The van der Waals surface area contributed by atoms with Crippen LogP contribution in [-0.4, -0.2) is 22.3 Å². The molecule has 0 N–H and O–H groups in total. The highest BCUT2D eigenvalue weighted by Gasteiger charge is 2.63. The van der Waals surface area contributed by atoms with Gasteiger partial charge in [-0.05, 0) is 48.4 Å². The molecule has 8 nitrogen and oxygen atoms in total. The van der Waals surface area contributed by atoms with E-state index in [4.69, 9.17) is 30.8 Å². The molecule has 2 fully saturated rings. The van der Waals surface area contributed by atoms with Gasteiger partial charge in [-0.3, -0.25) is 10.1 Å². The molecule has 2 bridgehead atoms. The van der Waals surface area contributed by atoms with E-state index in [0.717, 1.165) is 0 Å². The Bertz CT molecular complexity index is 1090. The van der Waals surface area contributed by atoms with Crippen LogP contribution in [0.4, 0.5) is 5.69 Å². The van der Waals surface area contributed by atoms with Crippen molar-refractivity contribution in [3.8, 4) is 0 Å². The van der Waals surface area contributed by atoms with Crippen molar-refractivity contribution in [3.63, 3.8) is 0 Å². The van der Waals surface area contributed by atoms with Crippen LogP contribution in [0.1, 0.15) is 36.7 Å². The van der Waals surface area contributed by atoms with E-state index in [1.54, 1.807) is 49.4 Å². The summed E-state index contributed by atoms with van der Waals surface area (Å²) in [7, 11) is 0. The molecule has 0 saturated carbocycles. The first-order chi connectivity index (χ1) is 14.3. The van der Waals surface area contributed by atoms with Crippen molar-refractivity contribution in [2.24, 2.45) is 0 Å². The normalized spacial score (nSPS) is 32.2. The molecule has 2 aromatic carbocycles. The number of benzene rings is 2. The zero-order chi connectivity index (χ0) is 21.1. The highest BCUT2D eigenvalue weighted by molar-refractivity contribution is 6.30. The topological polar surface area (TPSA) is 97.1 Å². The Hall–Kier alpha value is -2.78. The monoisotopic (exact) mass is 429 g/mol. The molecular weight excluding hydrogens is 414 g/mol. The van der Waals surface area contributed by atoms with Crippen molar-refractivity contribution >= 4 is 23.3 Å². The fourth-order valence-corrected chi connectivity index (χ4v) is 4.28. The molecule has 0 amide bonds. The van der Waals surface area contributed by atoms with Gasteiger partial charge < -0.3 is 9.47 Å². The second-order valence-electron chi connectivity index (χ2n) is 7.66. The summed E-state index contributed by atoms with van der Waals surface area (Å²) in [5.74, 6) is -2.00. The lowest BCUT2D eigenvalue weighted by atomic mass is 9.81. The van der Waals surface area contributed by atoms with E-state index in [1.165, 1.54) is 12.1 Å². The van der Waals surface area contributed by atoms with Gasteiger partial charge in [-0.2, -0.15) is 4.89 Å². The Morgan fingerprint density at radius 1 is 1.13 bits per heavy atom. The summed E-state index contributed by atoms with van der Waals surface area (Å²) in [4.78, 5) is 34.5. The van der Waals surface area contributed by atoms with Gasteiger partial charge in [0.15, 0.2) is 5.60 Å². The number of carbonyl (C=O) groups excluding carboxylic acids is 1. The lowest BCUT2D eigenvalue weighted by Crippen LogP contribution is -2.61.